The number of rotatable bonds is 5. The Morgan fingerprint density at radius 2 is 2.25 bits per heavy atom. The fourth-order valence-corrected chi connectivity index (χ4v) is 1.97. The minimum atomic E-state index is -0.167. The van der Waals surface area contributed by atoms with Gasteiger partial charge >= 0.3 is 0 Å². The highest BCUT2D eigenvalue weighted by Crippen LogP contribution is 2.15. The standard InChI is InChI=1S/C14H15N5O/c1-2-9-18(10-7-15)14(20)12-5-3-4-6-13(12)19-11-8-16-17-19/h3-6,8,11H,2,9-10H2,1H3. The zero-order chi connectivity index (χ0) is 14.4. The van der Waals surface area contributed by atoms with Gasteiger partial charge in [0.2, 0.25) is 0 Å². The van der Waals surface area contributed by atoms with E-state index < -0.39 is 0 Å². The lowest BCUT2D eigenvalue weighted by atomic mass is 10.1. The third-order valence-corrected chi connectivity index (χ3v) is 2.85. The van der Waals surface area contributed by atoms with Crippen LogP contribution in [-0.4, -0.2) is 38.9 Å². The Morgan fingerprint density at radius 1 is 1.45 bits per heavy atom. The molecule has 0 spiro atoms. The number of nitrogens with zero attached hydrogens (tertiary/aromatic N) is 5. The minimum absolute atomic E-state index is 0.0817. The number of hydrogen-bond acceptors (Lipinski definition) is 4. The highest BCUT2D eigenvalue weighted by Gasteiger charge is 2.18. The van der Waals surface area contributed by atoms with Crippen molar-refractivity contribution < 1.29 is 4.79 Å². The maximum Gasteiger partial charge on any atom is 0.256 e. The van der Waals surface area contributed by atoms with E-state index in [-0.39, 0.29) is 12.5 Å². The molecule has 1 heterocycles. The van der Waals surface area contributed by atoms with Gasteiger partial charge < -0.3 is 4.90 Å². The van der Waals surface area contributed by atoms with Crippen molar-refractivity contribution in [1.29, 1.82) is 5.26 Å². The Labute approximate surface area is 117 Å². The lowest BCUT2D eigenvalue weighted by Crippen LogP contribution is -2.32. The van der Waals surface area contributed by atoms with Gasteiger partial charge in [-0.1, -0.05) is 24.3 Å². The Morgan fingerprint density at radius 3 is 2.90 bits per heavy atom. The second-order valence-electron chi connectivity index (χ2n) is 4.25. The number of hydrogen-bond donors (Lipinski definition) is 0. The maximum atomic E-state index is 12.6. The SMILES string of the molecule is CCCN(CC#N)C(=O)c1ccccc1-n1ccnn1. The minimum Gasteiger partial charge on any atom is -0.325 e. The summed E-state index contributed by atoms with van der Waals surface area (Å²) in [6.07, 6.45) is 4.04. The van der Waals surface area contributed by atoms with Gasteiger partial charge in [0.05, 0.1) is 29.7 Å². The average Bonchev–Trinajstić information content (AvgIpc) is 3.00. The van der Waals surface area contributed by atoms with Gasteiger partial charge in [-0.05, 0) is 18.6 Å². The first-order valence-electron chi connectivity index (χ1n) is 6.40. The molecule has 0 fully saturated rings. The van der Waals surface area contributed by atoms with Crippen molar-refractivity contribution in [1.82, 2.24) is 19.9 Å². The first-order chi connectivity index (χ1) is 9.77. The lowest BCUT2D eigenvalue weighted by molar-refractivity contribution is 0.0776. The van der Waals surface area contributed by atoms with Crippen LogP contribution in [0.1, 0.15) is 23.7 Å². The molecule has 2 rings (SSSR count). The summed E-state index contributed by atoms with van der Waals surface area (Å²) in [5, 5.41) is 16.5. The fourth-order valence-electron chi connectivity index (χ4n) is 1.97. The van der Waals surface area contributed by atoms with Gasteiger partial charge in [-0.15, -0.1) is 5.10 Å². The Bertz CT molecular complexity index is 615. The molecule has 0 radical (unpaired) electrons. The highest BCUT2D eigenvalue weighted by molar-refractivity contribution is 5.97. The average molecular weight is 269 g/mol. The van der Waals surface area contributed by atoms with Gasteiger partial charge in [-0.25, -0.2) is 4.68 Å². The highest BCUT2D eigenvalue weighted by atomic mass is 16.2. The largest absolute Gasteiger partial charge is 0.325 e. The first kappa shape index (κ1) is 13.7. The zero-order valence-electron chi connectivity index (χ0n) is 11.2. The molecule has 0 saturated heterocycles. The second-order valence-corrected chi connectivity index (χ2v) is 4.25. The number of carbonyl (C=O) groups is 1. The summed E-state index contributed by atoms with van der Waals surface area (Å²) in [7, 11) is 0. The van der Waals surface area contributed by atoms with Crippen molar-refractivity contribution in [2.75, 3.05) is 13.1 Å². The van der Waals surface area contributed by atoms with Crippen LogP contribution >= 0.6 is 0 Å². The zero-order valence-corrected chi connectivity index (χ0v) is 11.2. The number of benzene rings is 1. The predicted molar refractivity (Wildman–Crippen MR) is 73.2 cm³/mol. The normalized spacial score (nSPS) is 10.0. The molecule has 0 atom stereocenters. The summed E-state index contributed by atoms with van der Waals surface area (Å²) < 4.78 is 1.55. The summed E-state index contributed by atoms with van der Waals surface area (Å²) in [6, 6.07) is 9.20. The van der Waals surface area contributed by atoms with Crippen LogP contribution < -0.4 is 0 Å². The molecule has 1 aromatic heterocycles. The maximum absolute atomic E-state index is 12.6. The summed E-state index contributed by atoms with van der Waals surface area (Å²) in [6.45, 7) is 2.61. The van der Waals surface area contributed by atoms with Gasteiger partial charge in [0, 0.05) is 6.54 Å². The molecule has 0 N–H and O–H groups in total. The van der Waals surface area contributed by atoms with Crippen molar-refractivity contribution in [2.24, 2.45) is 0 Å². The molecule has 6 nitrogen and oxygen atoms in total. The van der Waals surface area contributed by atoms with E-state index in [9.17, 15) is 4.79 Å². The molecule has 0 aliphatic heterocycles. The van der Waals surface area contributed by atoms with Gasteiger partial charge in [-0.2, -0.15) is 5.26 Å². The van der Waals surface area contributed by atoms with Crippen LogP contribution in [0.4, 0.5) is 0 Å². The van der Waals surface area contributed by atoms with E-state index in [2.05, 4.69) is 10.3 Å². The Balaban J connectivity index is 2.37. The van der Waals surface area contributed by atoms with Crippen molar-refractivity contribution in [3.05, 3.63) is 42.2 Å². The number of carbonyl (C=O) groups excluding carboxylic acids is 1. The molecule has 1 aromatic carbocycles. The van der Waals surface area contributed by atoms with Crippen LogP contribution in [0, 0.1) is 11.3 Å². The first-order valence-corrected chi connectivity index (χ1v) is 6.40. The molecular formula is C14H15N5O. The summed E-state index contributed by atoms with van der Waals surface area (Å²) in [5.74, 6) is -0.167. The van der Waals surface area contributed by atoms with Crippen molar-refractivity contribution in [2.45, 2.75) is 13.3 Å². The van der Waals surface area contributed by atoms with E-state index in [1.165, 1.54) is 4.90 Å². The van der Waals surface area contributed by atoms with Crippen LogP contribution in [-0.2, 0) is 0 Å². The van der Waals surface area contributed by atoms with E-state index in [1.54, 1.807) is 35.3 Å². The smallest absolute Gasteiger partial charge is 0.256 e. The number of aromatic nitrogens is 3. The van der Waals surface area contributed by atoms with Crippen molar-refractivity contribution >= 4 is 5.91 Å². The number of nitriles is 1. The van der Waals surface area contributed by atoms with E-state index >= 15 is 0 Å². The van der Waals surface area contributed by atoms with Gasteiger partial charge in [-0.3, -0.25) is 4.79 Å². The number of amides is 1. The fraction of sp³-hybridized carbons (Fsp3) is 0.286. The lowest BCUT2D eigenvalue weighted by Gasteiger charge is -2.20. The predicted octanol–water partition coefficient (Wildman–Crippen LogP) is 1.64. The molecular weight excluding hydrogens is 254 g/mol. The second kappa shape index (κ2) is 6.48. The van der Waals surface area contributed by atoms with E-state index in [4.69, 9.17) is 5.26 Å². The van der Waals surface area contributed by atoms with E-state index in [0.29, 0.717) is 17.8 Å². The molecule has 102 valence electrons. The van der Waals surface area contributed by atoms with Crippen molar-refractivity contribution in [3.8, 4) is 11.8 Å². The van der Waals surface area contributed by atoms with E-state index in [0.717, 1.165) is 6.42 Å². The molecule has 6 heteroatoms. The quantitative estimate of drug-likeness (QED) is 0.773. The molecule has 1 amide bonds. The van der Waals surface area contributed by atoms with Crippen molar-refractivity contribution in [3.63, 3.8) is 0 Å². The van der Waals surface area contributed by atoms with Crippen LogP contribution in [0.5, 0.6) is 0 Å². The van der Waals surface area contributed by atoms with Gasteiger partial charge in [0.15, 0.2) is 0 Å². The molecule has 0 aliphatic rings. The van der Waals surface area contributed by atoms with Crippen LogP contribution in [0.3, 0.4) is 0 Å². The molecule has 20 heavy (non-hydrogen) atoms. The summed E-state index contributed by atoms with van der Waals surface area (Å²) >= 11 is 0. The Hall–Kier alpha value is -2.68. The number of para-hydroxylation sites is 1. The molecule has 0 unspecified atom stereocenters. The summed E-state index contributed by atoms with van der Waals surface area (Å²) in [5.41, 5.74) is 1.18. The summed E-state index contributed by atoms with van der Waals surface area (Å²) in [4.78, 5) is 14.1. The van der Waals surface area contributed by atoms with Gasteiger partial charge in [0.1, 0.15) is 6.54 Å². The van der Waals surface area contributed by atoms with E-state index in [1.807, 2.05) is 19.1 Å². The molecule has 2 aromatic rings. The topological polar surface area (TPSA) is 74.8 Å². The third-order valence-electron chi connectivity index (χ3n) is 2.85. The van der Waals surface area contributed by atoms with Crippen LogP contribution in [0.25, 0.3) is 5.69 Å². The Kier molecular flexibility index (Phi) is 4.45. The molecule has 0 saturated carbocycles. The third kappa shape index (κ3) is 2.83. The monoisotopic (exact) mass is 269 g/mol. The van der Waals surface area contributed by atoms with Crippen LogP contribution in [0.15, 0.2) is 36.7 Å². The molecule has 0 aliphatic carbocycles. The molecule has 0 bridgehead atoms. The van der Waals surface area contributed by atoms with Gasteiger partial charge in [0.25, 0.3) is 5.91 Å². The van der Waals surface area contributed by atoms with Crippen LogP contribution in [0.2, 0.25) is 0 Å².